The van der Waals surface area contributed by atoms with Crippen LogP contribution in [0.5, 0.6) is 0 Å². The number of ether oxygens (including phenoxy) is 1. The average Bonchev–Trinajstić information content (AvgIpc) is 3.17. The fraction of sp³-hybridized carbons (Fsp3) is 0.200. The predicted molar refractivity (Wildman–Crippen MR) is 86.3 cm³/mol. The maximum absolute atomic E-state index is 12.2. The molecule has 1 aromatic carbocycles. The Morgan fingerprint density at radius 3 is 2.44 bits per heavy atom. The molecule has 0 bridgehead atoms. The molecule has 0 aliphatic carbocycles. The van der Waals surface area contributed by atoms with Crippen molar-refractivity contribution in [3.05, 3.63) is 41.2 Å². The highest BCUT2D eigenvalue weighted by molar-refractivity contribution is 7.10. The van der Waals surface area contributed by atoms with Gasteiger partial charge in [0.15, 0.2) is 0 Å². The summed E-state index contributed by atoms with van der Waals surface area (Å²) in [5.41, 5.74) is 0.666. The van der Waals surface area contributed by atoms with Crippen LogP contribution in [-0.2, 0) is 9.53 Å². The third-order valence-corrected chi connectivity index (χ3v) is 4.11. The molecule has 0 saturated carbocycles. The third kappa shape index (κ3) is 3.24. The molecule has 0 atom stereocenters. The monoisotopic (exact) mass is 360 g/mol. The second-order valence-electron chi connectivity index (χ2n) is 5.02. The van der Waals surface area contributed by atoms with Crippen LogP contribution in [0.1, 0.15) is 37.8 Å². The number of nitrogens with one attached hydrogen (secondary N) is 1. The van der Waals surface area contributed by atoms with Crippen molar-refractivity contribution in [1.29, 1.82) is 0 Å². The van der Waals surface area contributed by atoms with Crippen LogP contribution in [0.3, 0.4) is 0 Å². The van der Waals surface area contributed by atoms with Gasteiger partial charge in [0.25, 0.3) is 17.6 Å². The van der Waals surface area contributed by atoms with Gasteiger partial charge in [0, 0.05) is 24.5 Å². The lowest BCUT2D eigenvalue weighted by Gasteiger charge is -2.12. The lowest BCUT2D eigenvalue weighted by Crippen LogP contribution is -2.32. The van der Waals surface area contributed by atoms with Crippen molar-refractivity contribution < 1.29 is 23.9 Å². The summed E-state index contributed by atoms with van der Waals surface area (Å²) in [5.74, 6) is -2.15. The first-order valence-electron chi connectivity index (χ1n) is 7.18. The zero-order valence-electron chi connectivity index (χ0n) is 13.0. The van der Waals surface area contributed by atoms with Crippen molar-refractivity contribution in [3.63, 3.8) is 0 Å². The number of imide groups is 1. The zero-order valence-corrected chi connectivity index (χ0v) is 13.8. The molecule has 25 heavy (non-hydrogen) atoms. The molecule has 0 unspecified atom stereocenters. The Morgan fingerprint density at radius 1 is 1.20 bits per heavy atom. The maximum atomic E-state index is 12.2. The van der Waals surface area contributed by atoms with Gasteiger partial charge in [0.2, 0.25) is 11.0 Å². The SMILES string of the molecule is COC(=O)c1nsc(NC(=O)CCN2C(=O)c3ccccc3C2=O)n1. The topological polar surface area (TPSA) is 119 Å². The van der Waals surface area contributed by atoms with Gasteiger partial charge in [-0.25, -0.2) is 4.79 Å². The molecule has 1 aliphatic heterocycles. The lowest BCUT2D eigenvalue weighted by molar-refractivity contribution is -0.116. The van der Waals surface area contributed by atoms with Crippen LogP contribution in [0.15, 0.2) is 24.3 Å². The van der Waals surface area contributed by atoms with Gasteiger partial charge < -0.3 is 10.1 Å². The Morgan fingerprint density at radius 2 is 1.84 bits per heavy atom. The molecule has 0 saturated heterocycles. The highest BCUT2D eigenvalue weighted by Crippen LogP contribution is 2.22. The Hall–Kier alpha value is -3.14. The van der Waals surface area contributed by atoms with E-state index in [0.717, 1.165) is 16.4 Å². The van der Waals surface area contributed by atoms with Gasteiger partial charge in [-0.15, -0.1) is 0 Å². The number of carbonyl (C=O) groups is 4. The molecule has 3 amide bonds. The number of nitrogens with zero attached hydrogens (tertiary/aromatic N) is 3. The molecule has 128 valence electrons. The number of benzene rings is 1. The highest BCUT2D eigenvalue weighted by atomic mass is 32.1. The second kappa shape index (κ2) is 6.77. The molecule has 1 N–H and O–H groups in total. The Balaban J connectivity index is 1.58. The summed E-state index contributed by atoms with van der Waals surface area (Å²) in [5, 5.41) is 2.60. The quantitative estimate of drug-likeness (QED) is 0.623. The summed E-state index contributed by atoms with van der Waals surface area (Å²) in [6, 6.07) is 6.50. The van der Waals surface area contributed by atoms with E-state index in [9.17, 15) is 19.2 Å². The fourth-order valence-electron chi connectivity index (χ4n) is 2.29. The number of rotatable bonds is 5. The summed E-state index contributed by atoms with van der Waals surface area (Å²) in [7, 11) is 1.20. The second-order valence-corrected chi connectivity index (χ2v) is 5.77. The molecule has 10 heteroatoms. The third-order valence-electron chi connectivity index (χ3n) is 3.48. The van der Waals surface area contributed by atoms with Crippen molar-refractivity contribution in [2.24, 2.45) is 0 Å². The molecule has 0 spiro atoms. The first-order chi connectivity index (χ1) is 12.0. The van der Waals surface area contributed by atoms with Crippen molar-refractivity contribution in [3.8, 4) is 0 Å². The minimum absolute atomic E-state index is 0.0547. The first-order valence-corrected chi connectivity index (χ1v) is 7.95. The van der Waals surface area contributed by atoms with Crippen molar-refractivity contribution in [2.45, 2.75) is 6.42 Å². The molecule has 2 aromatic rings. The molecule has 1 aromatic heterocycles. The van der Waals surface area contributed by atoms with Gasteiger partial charge in [-0.3, -0.25) is 19.3 Å². The largest absolute Gasteiger partial charge is 0.463 e. The summed E-state index contributed by atoms with van der Waals surface area (Å²) in [6.07, 6.45) is -0.0986. The molecular weight excluding hydrogens is 348 g/mol. The maximum Gasteiger partial charge on any atom is 0.377 e. The van der Waals surface area contributed by atoms with E-state index < -0.39 is 23.7 Å². The number of aromatic nitrogens is 2. The summed E-state index contributed by atoms with van der Waals surface area (Å²) in [6.45, 7) is -0.0547. The van der Waals surface area contributed by atoms with Gasteiger partial charge in [-0.05, 0) is 12.1 Å². The molecule has 3 rings (SSSR count). The number of carbonyl (C=O) groups excluding carboxylic acids is 4. The standard InChI is InChI=1S/C15H12N4O5S/c1-24-14(23)11-17-15(25-18-11)16-10(20)6-7-19-12(21)8-4-2-3-5-9(8)13(19)22/h2-5H,6-7H2,1H3,(H,16,17,18,20). The number of esters is 1. The van der Waals surface area contributed by atoms with E-state index >= 15 is 0 Å². The van der Waals surface area contributed by atoms with Gasteiger partial charge in [-0.1, -0.05) is 12.1 Å². The predicted octanol–water partition coefficient (Wildman–Crippen LogP) is 0.950. The summed E-state index contributed by atoms with van der Waals surface area (Å²) >= 11 is 0.829. The number of methoxy groups -OCH3 is 1. The smallest absolute Gasteiger partial charge is 0.377 e. The van der Waals surface area contributed by atoms with Crippen LogP contribution < -0.4 is 5.32 Å². The number of anilines is 1. The minimum atomic E-state index is -0.706. The Labute approximate surface area is 145 Å². The molecule has 0 radical (unpaired) electrons. The van der Waals surface area contributed by atoms with Crippen LogP contribution in [0.25, 0.3) is 0 Å². The van der Waals surface area contributed by atoms with E-state index in [1.807, 2.05) is 0 Å². The lowest BCUT2D eigenvalue weighted by atomic mass is 10.1. The molecule has 2 heterocycles. The fourth-order valence-corrected chi connectivity index (χ4v) is 2.86. The molecule has 1 aliphatic rings. The highest BCUT2D eigenvalue weighted by Gasteiger charge is 2.35. The number of amides is 3. The van der Waals surface area contributed by atoms with Crippen LogP contribution in [0, 0.1) is 0 Å². The van der Waals surface area contributed by atoms with E-state index in [1.165, 1.54) is 7.11 Å². The van der Waals surface area contributed by atoms with Crippen LogP contribution in [0.2, 0.25) is 0 Å². The van der Waals surface area contributed by atoms with Crippen LogP contribution in [0.4, 0.5) is 5.13 Å². The van der Waals surface area contributed by atoms with Crippen LogP contribution in [-0.4, -0.2) is 51.6 Å². The van der Waals surface area contributed by atoms with Crippen molar-refractivity contribution in [2.75, 3.05) is 19.0 Å². The Bertz CT molecular complexity index is 843. The first kappa shape index (κ1) is 16.7. The van der Waals surface area contributed by atoms with Gasteiger partial charge >= 0.3 is 5.97 Å². The van der Waals surface area contributed by atoms with E-state index in [0.29, 0.717) is 11.1 Å². The summed E-state index contributed by atoms with van der Waals surface area (Å²) < 4.78 is 8.22. The minimum Gasteiger partial charge on any atom is -0.463 e. The number of hydrogen-bond acceptors (Lipinski definition) is 8. The molecule has 0 fully saturated rings. The van der Waals surface area contributed by atoms with Gasteiger partial charge in [0.05, 0.1) is 18.2 Å². The summed E-state index contributed by atoms with van der Waals surface area (Å²) in [4.78, 5) is 52.5. The normalized spacial score (nSPS) is 12.9. The van der Waals surface area contributed by atoms with Crippen LogP contribution >= 0.6 is 11.5 Å². The van der Waals surface area contributed by atoms with E-state index in [2.05, 4.69) is 19.4 Å². The zero-order chi connectivity index (χ0) is 18.0. The average molecular weight is 360 g/mol. The number of fused-ring (bicyclic) bond motifs is 1. The van der Waals surface area contributed by atoms with E-state index in [1.54, 1.807) is 24.3 Å². The number of hydrogen-bond donors (Lipinski definition) is 1. The van der Waals surface area contributed by atoms with Crippen molar-refractivity contribution in [1.82, 2.24) is 14.3 Å². The Kier molecular flexibility index (Phi) is 4.52. The van der Waals surface area contributed by atoms with E-state index in [4.69, 9.17) is 0 Å². The van der Waals surface area contributed by atoms with Crippen molar-refractivity contribution >= 4 is 40.4 Å². The molecule has 9 nitrogen and oxygen atoms in total. The van der Waals surface area contributed by atoms with Gasteiger partial charge in [-0.2, -0.15) is 9.36 Å². The van der Waals surface area contributed by atoms with E-state index in [-0.39, 0.29) is 23.9 Å². The van der Waals surface area contributed by atoms with Gasteiger partial charge in [0.1, 0.15) is 0 Å². The molecular formula is C15H12N4O5S.